The van der Waals surface area contributed by atoms with Crippen LogP contribution in [0.5, 0.6) is 0 Å². The predicted molar refractivity (Wildman–Crippen MR) is 62.5 cm³/mol. The summed E-state index contributed by atoms with van der Waals surface area (Å²) in [6.07, 6.45) is 2.57. The Bertz CT molecular complexity index is 359. The average Bonchev–Trinajstić information content (AvgIpc) is 2.79. The van der Waals surface area contributed by atoms with Crippen LogP contribution in [0.2, 0.25) is 0 Å². The van der Waals surface area contributed by atoms with Gasteiger partial charge in [-0.1, -0.05) is 0 Å². The van der Waals surface area contributed by atoms with Gasteiger partial charge in [0.15, 0.2) is 5.78 Å². The quantitative estimate of drug-likeness (QED) is 0.812. The van der Waals surface area contributed by atoms with Crippen LogP contribution < -0.4 is 5.73 Å². The highest BCUT2D eigenvalue weighted by molar-refractivity contribution is 7.09. The lowest BCUT2D eigenvalue weighted by atomic mass is 9.94. The van der Waals surface area contributed by atoms with E-state index in [-0.39, 0.29) is 5.78 Å². The molecule has 1 fully saturated rings. The van der Waals surface area contributed by atoms with Crippen LogP contribution in [0.25, 0.3) is 0 Å². The van der Waals surface area contributed by atoms with Gasteiger partial charge in [-0.05, 0) is 18.8 Å². The van der Waals surface area contributed by atoms with Crippen molar-refractivity contribution in [3.05, 3.63) is 16.1 Å². The summed E-state index contributed by atoms with van der Waals surface area (Å²) < 4.78 is 5.27. The molecule has 1 aromatic rings. The first kappa shape index (κ1) is 11.7. The molecule has 1 aliphatic rings. The van der Waals surface area contributed by atoms with E-state index in [1.807, 2.05) is 5.38 Å². The molecule has 2 rings (SSSR count). The SMILES string of the molecule is NCc1nc(C(=O)CC2CCOCC2)cs1. The molecule has 1 saturated heterocycles. The van der Waals surface area contributed by atoms with E-state index in [0.29, 0.717) is 24.6 Å². The number of carbonyl (C=O) groups is 1. The minimum absolute atomic E-state index is 0.142. The smallest absolute Gasteiger partial charge is 0.182 e. The van der Waals surface area contributed by atoms with Crippen molar-refractivity contribution < 1.29 is 9.53 Å². The molecule has 0 atom stereocenters. The Labute approximate surface area is 98.8 Å². The number of ketones is 1. The van der Waals surface area contributed by atoms with Gasteiger partial charge in [-0.15, -0.1) is 11.3 Å². The summed E-state index contributed by atoms with van der Waals surface area (Å²) in [4.78, 5) is 16.1. The van der Waals surface area contributed by atoms with Crippen molar-refractivity contribution in [3.63, 3.8) is 0 Å². The summed E-state index contributed by atoms with van der Waals surface area (Å²) in [6, 6.07) is 0. The number of nitrogens with two attached hydrogens (primary N) is 1. The van der Waals surface area contributed by atoms with Gasteiger partial charge in [0.2, 0.25) is 0 Å². The first-order chi connectivity index (χ1) is 7.79. The highest BCUT2D eigenvalue weighted by Crippen LogP contribution is 2.21. The maximum atomic E-state index is 11.9. The molecule has 16 heavy (non-hydrogen) atoms. The standard InChI is InChI=1S/C11H16N2O2S/c12-6-11-13-9(7-16-11)10(14)5-8-1-3-15-4-2-8/h7-8H,1-6,12H2. The van der Waals surface area contributed by atoms with Gasteiger partial charge in [0.05, 0.1) is 0 Å². The normalized spacial score (nSPS) is 17.6. The predicted octanol–water partition coefficient (Wildman–Crippen LogP) is 1.60. The molecule has 0 spiro atoms. The molecular weight excluding hydrogens is 224 g/mol. The van der Waals surface area contributed by atoms with E-state index in [4.69, 9.17) is 10.5 Å². The minimum atomic E-state index is 0.142. The summed E-state index contributed by atoms with van der Waals surface area (Å²) in [6.45, 7) is 1.97. The van der Waals surface area contributed by atoms with Crippen molar-refractivity contribution in [3.8, 4) is 0 Å². The Kier molecular flexibility index (Phi) is 4.04. The molecule has 0 radical (unpaired) electrons. The van der Waals surface area contributed by atoms with Crippen LogP contribution in [-0.2, 0) is 11.3 Å². The van der Waals surface area contributed by atoms with Crippen molar-refractivity contribution >= 4 is 17.1 Å². The van der Waals surface area contributed by atoms with Gasteiger partial charge in [-0.25, -0.2) is 4.98 Å². The number of hydrogen-bond acceptors (Lipinski definition) is 5. The second kappa shape index (κ2) is 5.52. The zero-order valence-corrected chi connectivity index (χ0v) is 9.96. The molecule has 88 valence electrons. The molecule has 4 nitrogen and oxygen atoms in total. The maximum Gasteiger partial charge on any atom is 0.182 e. The number of nitrogens with zero attached hydrogens (tertiary/aromatic N) is 1. The van der Waals surface area contributed by atoms with E-state index >= 15 is 0 Å². The molecule has 1 aromatic heterocycles. The van der Waals surface area contributed by atoms with Gasteiger partial charge in [-0.3, -0.25) is 4.79 Å². The largest absolute Gasteiger partial charge is 0.381 e. The van der Waals surface area contributed by atoms with Gasteiger partial charge in [0, 0.05) is 31.6 Å². The molecule has 2 N–H and O–H groups in total. The summed E-state index contributed by atoms with van der Waals surface area (Å²) in [5.41, 5.74) is 6.05. The fraction of sp³-hybridized carbons (Fsp3) is 0.636. The molecule has 0 unspecified atom stereocenters. The number of rotatable bonds is 4. The Hall–Kier alpha value is -0.780. The average molecular weight is 240 g/mol. The number of Topliss-reactive ketones (excluding diaryl/α,β-unsaturated/α-hetero) is 1. The van der Waals surface area contributed by atoms with Gasteiger partial charge in [-0.2, -0.15) is 0 Å². The van der Waals surface area contributed by atoms with Gasteiger partial charge in [0.25, 0.3) is 0 Å². The minimum Gasteiger partial charge on any atom is -0.381 e. The molecule has 0 bridgehead atoms. The van der Waals surface area contributed by atoms with Crippen molar-refractivity contribution in [2.24, 2.45) is 11.7 Å². The Morgan fingerprint density at radius 2 is 2.31 bits per heavy atom. The number of ether oxygens (including phenoxy) is 1. The first-order valence-electron chi connectivity index (χ1n) is 5.55. The van der Waals surface area contributed by atoms with Crippen molar-refractivity contribution in [1.82, 2.24) is 4.98 Å². The fourth-order valence-corrected chi connectivity index (χ4v) is 2.53. The van der Waals surface area contributed by atoms with Crippen molar-refractivity contribution in [1.29, 1.82) is 0 Å². The summed E-state index contributed by atoms with van der Waals surface area (Å²) in [5.74, 6) is 0.604. The van der Waals surface area contributed by atoms with Crippen molar-refractivity contribution in [2.45, 2.75) is 25.8 Å². The lowest BCUT2D eigenvalue weighted by molar-refractivity contribution is 0.0599. The van der Waals surface area contributed by atoms with E-state index in [9.17, 15) is 4.79 Å². The summed E-state index contributed by atoms with van der Waals surface area (Å²) in [7, 11) is 0. The van der Waals surface area contributed by atoms with Crippen LogP contribution in [0.15, 0.2) is 5.38 Å². The molecule has 0 saturated carbocycles. The third-order valence-corrected chi connectivity index (χ3v) is 3.70. The van der Waals surface area contributed by atoms with Crippen LogP contribution >= 0.6 is 11.3 Å². The third-order valence-electron chi connectivity index (χ3n) is 2.83. The highest BCUT2D eigenvalue weighted by atomic mass is 32.1. The second-order valence-electron chi connectivity index (χ2n) is 4.01. The molecule has 0 amide bonds. The molecule has 0 aromatic carbocycles. The Morgan fingerprint density at radius 3 is 2.94 bits per heavy atom. The number of aromatic nitrogens is 1. The summed E-state index contributed by atoms with van der Waals surface area (Å²) >= 11 is 1.46. The fourth-order valence-electron chi connectivity index (χ4n) is 1.85. The van der Waals surface area contributed by atoms with Gasteiger partial charge >= 0.3 is 0 Å². The van der Waals surface area contributed by atoms with E-state index in [1.165, 1.54) is 11.3 Å². The lowest BCUT2D eigenvalue weighted by Crippen LogP contribution is -2.19. The highest BCUT2D eigenvalue weighted by Gasteiger charge is 2.19. The molecule has 2 heterocycles. The van der Waals surface area contributed by atoms with Crippen LogP contribution in [0.4, 0.5) is 0 Å². The third kappa shape index (κ3) is 2.87. The number of thiazole rings is 1. The molecule has 1 aliphatic heterocycles. The molecule has 0 aliphatic carbocycles. The Balaban J connectivity index is 1.91. The second-order valence-corrected chi connectivity index (χ2v) is 4.96. The van der Waals surface area contributed by atoms with E-state index in [2.05, 4.69) is 4.98 Å². The van der Waals surface area contributed by atoms with Crippen LogP contribution in [0, 0.1) is 5.92 Å². The monoisotopic (exact) mass is 240 g/mol. The van der Waals surface area contributed by atoms with Crippen LogP contribution in [-0.4, -0.2) is 24.0 Å². The van der Waals surface area contributed by atoms with E-state index in [0.717, 1.165) is 31.1 Å². The van der Waals surface area contributed by atoms with Crippen molar-refractivity contribution in [2.75, 3.05) is 13.2 Å². The van der Waals surface area contributed by atoms with Crippen LogP contribution in [0.3, 0.4) is 0 Å². The zero-order chi connectivity index (χ0) is 11.4. The topological polar surface area (TPSA) is 65.2 Å². The first-order valence-corrected chi connectivity index (χ1v) is 6.43. The van der Waals surface area contributed by atoms with Gasteiger partial charge in [0.1, 0.15) is 10.7 Å². The number of carbonyl (C=O) groups excluding carboxylic acids is 1. The van der Waals surface area contributed by atoms with E-state index < -0.39 is 0 Å². The van der Waals surface area contributed by atoms with Crippen LogP contribution in [0.1, 0.15) is 34.8 Å². The summed E-state index contributed by atoms with van der Waals surface area (Å²) in [5, 5.41) is 2.64. The molecular formula is C11H16N2O2S. The zero-order valence-electron chi connectivity index (χ0n) is 9.15. The maximum absolute atomic E-state index is 11.9. The number of hydrogen-bond donors (Lipinski definition) is 1. The lowest BCUT2D eigenvalue weighted by Gasteiger charge is -2.20. The van der Waals surface area contributed by atoms with E-state index in [1.54, 1.807) is 0 Å². The Morgan fingerprint density at radius 1 is 1.56 bits per heavy atom. The molecule has 5 heteroatoms. The van der Waals surface area contributed by atoms with Gasteiger partial charge < -0.3 is 10.5 Å².